The van der Waals surface area contributed by atoms with Crippen molar-refractivity contribution in [2.75, 3.05) is 25.5 Å². The third-order valence-corrected chi connectivity index (χ3v) is 1.96. The first-order valence-electron chi connectivity index (χ1n) is 4.58. The number of pyridine rings is 1. The summed E-state index contributed by atoms with van der Waals surface area (Å²) in [6.07, 6.45) is 2.17. The van der Waals surface area contributed by atoms with Crippen molar-refractivity contribution in [3.05, 3.63) is 24.4 Å². The summed E-state index contributed by atoms with van der Waals surface area (Å²) in [4.78, 5) is 17.2. The maximum atomic E-state index is 11.5. The summed E-state index contributed by atoms with van der Waals surface area (Å²) < 4.78 is 0. The number of nitrogens with one attached hydrogen (secondary N) is 1. The zero-order valence-corrected chi connectivity index (χ0v) is 8.53. The topological polar surface area (TPSA) is 45.2 Å². The molecule has 1 heterocycles. The van der Waals surface area contributed by atoms with E-state index in [0.717, 1.165) is 0 Å². The predicted octanol–water partition coefficient (Wildman–Crippen LogP) is 0.654. The molecule has 0 aromatic carbocycles. The van der Waals surface area contributed by atoms with E-state index < -0.39 is 0 Å². The minimum Gasteiger partial charge on any atom is -0.319 e. The second-order valence-corrected chi connectivity index (χ2v) is 2.99. The van der Waals surface area contributed by atoms with Gasteiger partial charge in [-0.1, -0.05) is 6.07 Å². The molecule has 4 nitrogen and oxygen atoms in total. The van der Waals surface area contributed by atoms with Gasteiger partial charge < -0.3 is 5.32 Å². The molecule has 76 valence electrons. The molecular weight excluding hydrogens is 178 g/mol. The molecule has 1 aromatic heterocycles. The largest absolute Gasteiger partial charge is 0.319 e. The molecule has 0 unspecified atom stereocenters. The van der Waals surface area contributed by atoms with E-state index in [0.29, 0.717) is 18.8 Å². The zero-order valence-electron chi connectivity index (χ0n) is 8.53. The molecule has 0 aliphatic rings. The number of amides is 1. The van der Waals surface area contributed by atoms with Crippen LogP contribution in [0.25, 0.3) is 0 Å². The first kappa shape index (κ1) is 10.7. The molecule has 1 N–H and O–H groups in total. The van der Waals surface area contributed by atoms with Crippen molar-refractivity contribution in [3.8, 4) is 0 Å². The molecule has 14 heavy (non-hydrogen) atoms. The first-order valence-corrected chi connectivity index (χ1v) is 4.58. The number of aromatic nitrogens is 1. The van der Waals surface area contributed by atoms with Gasteiger partial charge in [0.1, 0.15) is 5.82 Å². The van der Waals surface area contributed by atoms with Crippen molar-refractivity contribution in [2.24, 2.45) is 0 Å². The van der Waals surface area contributed by atoms with E-state index in [1.165, 1.54) is 0 Å². The average Bonchev–Trinajstić information content (AvgIpc) is 2.26. The van der Waals surface area contributed by atoms with Gasteiger partial charge in [-0.2, -0.15) is 0 Å². The smallest absolute Gasteiger partial charge is 0.229 e. The van der Waals surface area contributed by atoms with E-state index >= 15 is 0 Å². The van der Waals surface area contributed by atoms with Gasteiger partial charge in [0.2, 0.25) is 5.91 Å². The molecule has 1 aromatic rings. The van der Waals surface area contributed by atoms with Crippen LogP contribution < -0.4 is 10.2 Å². The van der Waals surface area contributed by atoms with Gasteiger partial charge in [-0.25, -0.2) is 4.98 Å². The fourth-order valence-corrected chi connectivity index (χ4v) is 1.08. The van der Waals surface area contributed by atoms with Crippen LogP contribution in [0.3, 0.4) is 0 Å². The van der Waals surface area contributed by atoms with Crippen LogP contribution in [-0.4, -0.2) is 31.5 Å². The summed E-state index contributed by atoms with van der Waals surface area (Å²) in [5.41, 5.74) is 0. The Morgan fingerprint density at radius 3 is 2.93 bits per heavy atom. The number of carbonyl (C=O) groups is 1. The standard InChI is InChI=1S/C10H15N3O/c1-11-8-6-10(14)13(2)9-5-3-4-7-12-9/h3-5,7,11H,6,8H2,1-2H3. The lowest BCUT2D eigenvalue weighted by Crippen LogP contribution is -2.29. The second kappa shape index (κ2) is 5.34. The molecule has 0 bridgehead atoms. The fourth-order valence-electron chi connectivity index (χ4n) is 1.08. The SMILES string of the molecule is CNCCC(=O)N(C)c1ccccn1. The lowest BCUT2D eigenvalue weighted by atomic mass is 10.3. The van der Waals surface area contributed by atoms with Crippen LogP contribution >= 0.6 is 0 Å². The van der Waals surface area contributed by atoms with Crippen LogP contribution in [0.2, 0.25) is 0 Å². The summed E-state index contributed by atoms with van der Waals surface area (Å²) >= 11 is 0. The third kappa shape index (κ3) is 2.81. The van der Waals surface area contributed by atoms with Gasteiger partial charge in [-0.3, -0.25) is 9.69 Å². The quantitative estimate of drug-likeness (QED) is 0.763. The van der Waals surface area contributed by atoms with E-state index in [4.69, 9.17) is 0 Å². The van der Waals surface area contributed by atoms with Gasteiger partial charge in [0.15, 0.2) is 0 Å². The first-order chi connectivity index (χ1) is 6.75. The lowest BCUT2D eigenvalue weighted by molar-refractivity contribution is -0.118. The summed E-state index contributed by atoms with van der Waals surface area (Å²) in [6.45, 7) is 0.690. The molecule has 0 spiro atoms. The highest BCUT2D eigenvalue weighted by Crippen LogP contribution is 2.07. The Morgan fingerprint density at radius 1 is 1.57 bits per heavy atom. The van der Waals surface area contributed by atoms with Crippen molar-refractivity contribution in [2.45, 2.75) is 6.42 Å². The minimum absolute atomic E-state index is 0.0676. The maximum absolute atomic E-state index is 11.5. The normalized spacial score (nSPS) is 9.86. The molecule has 0 aliphatic carbocycles. The van der Waals surface area contributed by atoms with Crippen LogP contribution in [0.15, 0.2) is 24.4 Å². The molecule has 1 rings (SSSR count). The molecule has 0 radical (unpaired) electrons. The van der Waals surface area contributed by atoms with Crippen molar-refractivity contribution in [1.82, 2.24) is 10.3 Å². The van der Waals surface area contributed by atoms with Gasteiger partial charge in [-0.15, -0.1) is 0 Å². The van der Waals surface area contributed by atoms with Crippen LogP contribution in [0.5, 0.6) is 0 Å². The van der Waals surface area contributed by atoms with Crippen LogP contribution in [0.4, 0.5) is 5.82 Å². The summed E-state index contributed by atoms with van der Waals surface area (Å²) in [5.74, 6) is 0.756. The van der Waals surface area contributed by atoms with E-state index in [2.05, 4.69) is 10.3 Å². The van der Waals surface area contributed by atoms with Crippen LogP contribution in [-0.2, 0) is 4.79 Å². The van der Waals surface area contributed by atoms with E-state index in [1.54, 1.807) is 18.1 Å². The highest BCUT2D eigenvalue weighted by atomic mass is 16.2. The number of hydrogen-bond donors (Lipinski definition) is 1. The van der Waals surface area contributed by atoms with Crippen LogP contribution in [0, 0.1) is 0 Å². The highest BCUT2D eigenvalue weighted by molar-refractivity contribution is 5.91. The van der Waals surface area contributed by atoms with Crippen molar-refractivity contribution < 1.29 is 4.79 Å². The average molecular weight is 193 g/mol. The number of rotatable bonds is 4. The van der Waals surface area contributed by atoms with E-state index in [9.17, 15) is 4.79 Å². The Kier molecular flexibility index (Phi) is 4.07. The van der Waals surface area contributed by atoms with Gasteiger partial charge >= 0.3 is 0 Å². The van der Waals surface area contributed by atoms with Gasteiger partial charge in [0.25, 0.3) is 0 Å². The third-order valence-electron chi connectivity index (χ3n) is 1.96. The Hall–Kier alpha value is -1.42. The fraction of sp³-hybridized carbons (Fsp3) is 0.400. The van der Waals surface area contributed by atoms with E-state index in [1.807, 2.05) is 25.2 Å². The summed E-state index contributed by atoms with van der Waals surface area (Å²) in [6, 6.07) is 5.51. The number of carbonyl (C=O) groups excluding carboxylic acids is 1. The number of nitrogens with zero attached hydrogens (tertiary/aromatic N) is 2. The predicted molar refractivity (Wildman–Crippen MR) is 56.2 cm³/mol. The Balaban J connectivity index is 2.57. The molecule has 0 saturated heterocycles. The number of anilines is 1. The maximum Gasteiger partial charge on any atom is 0.229 e. The van der Waals surface area contributed by atoms with Crippen molar-refractivity contribution in [3.63, 3.8) is 0 Å². The van der Waals surface area contributed by atoms with Gasteiger partial charge in [0.05, 0.1) is 0 Å². The molecule has 0 fully saturated rings. The summed E-state index contributed by atoms with van der Waals surface area (Å²) in [7, 11) is 3.56. The minimum atomic E-state index is 0.0676. The molecule has 0 atom stereocenters. The van der Waals surface area contributed by atoms with Crippen molar-refractivity contribution in [1.29, 1.82) is 0 Å². The lowest BCUT2D eigenvalue weighted by Gasteiger charge is -2.15. The highest BCUT2D eigenvalue weighted by Gasteiger charge is 2.09. The molecule has 0 saturated carbocycles. The molecular formula is C10H15N3O. The Morgan fingerprint density at radius 2 is 2.36 bits per heavy atom. The van der Waals surface area contributed by atoms with Gasteiger partial charge in [0, 0.05) is 26.2 Å². The Bertz CT molecular complexity index is 287. The monoisotopic (exact) mass is 193 g/mol. The molecule has 4 heteroatoms. The van der Waals surface area contributed by atoms with Gasteiger partial charge in [-0.05, 0) is 19.2 Å². The molecule has 1 amide bonds. The zero-order chi connectivity index (χ0) is 10.4. The second-order valence-electron chi connectivity index (χ2n) is 2.99. The van der Waals surface area contributed by atoms with Crippen LogP contribution in [0.1, 0.15) is 6.42 Å². The Labute approximate surface area is 83.9 Å². The molecule has 0 aliphatic heterocycles. The van der Waals surface area contributed by atoms with E-state index in [-0.39, 0.29) is 5.91 Å². The van der Waals surface area contributed by atoms with Crippen molar-refractivity contribution >= 4 is 11.7 Å². The number of hydrogen-bond acceptors (Lipinski definition) is 3. The summed E-state index contributed by atoms with van der Waals surface area (Å²) in [5, 5.41) is 2.94.